The molecular formula is C13H15N3O4. The van der Waals surface area contributed by atoms with Crippen LogP contribution in [-0.4, -0.2) is 26.3 Å². The Morgan fingerprint density at radius 1 is 1.35 bits per heavy atom. The maximum atomic E-state index is 10.6. The number of hydrogen-bond donors (Lipinski definition) is 1. The number of aromatic nitrogens is 2. The zero-order valence-electron chi connectivity index (χ0n) is 11.2. The molecule has 0 aliphatic carbocycles. The molecule has 0 radical (unpaired) electrons. The predicted molar refractivity (Wildman–Crippen MR) is 70.9 cm³/mol. The first-order valence-electron chi connectivity index (χ1n) is 6.23. The van der Waals surface area contributed by atoms with Crippen LogP contribution in [0.4, 0.5) is 5.69 Å². The highest BCUT2D eigenvalue weighted by molar-refractivity contribution is 5.56. The van der Waals surface area contributed by atoms with Crippen molar-refractivity contribution in [2.24, 2.45) is 5.92 Å². The number of aliphatic hydroxyl groups is 1. The summed E-state index contributed by atoms with van der Waals surface area (Å²) in [6, 6.07) is 5.89. The molecular weight excluding hydrogens is 262 g/mol. The first kappa shape index (κ1) is 14.1. The first-order valence-corrected chi connectivity index (χ1v) is 6.23. The Labute approximate surface area is 115 Å². The van der Waals surface area contributed by atoms with Crippen molar-refractivity contribution < 1.29 is 14.6 Å². The van der Waals surface area contributed by atoms with E-state index in [0.29, 0.717) is 17.3 Å². The highest BCUT2D eigenvalue weighted by Gasteiger charge is 2.16. The molecule has 0 saturated heterocycles. The molecule has 1 heterocycles. The van der Waals surface area contributed by atoms with Crippen LogP contribution in [0.2, 0.25) is 0 Å². The average molecular weight is 277 g/mol. The van der Waals surface area contributed by atoms with Gasteiger partial charge in [0.05, 0.1) is 17.4 Å². The third kappa shape index (κ3) is 3.18. The molecule has 20 heavy (non-hydrogen) atoms. The Morgan fingerprint density at radius 3 is 2.55 bits per heavy atom. The van der Waals surface area contributed by atoms with Crippen LogP contribution >= 0.6 is 0 Å². The van der Waals surface area contributed by atoms with E-state index in [1.165, 1.54) is 12.1 Å². The fourth-order valence-electron chi connectivity index (χ4n) is 1.60. The smallest absolute Gasteiger partial charge is 0.269 e. The number of hydrogen-bond acceptors (Lipinski definition) is 6. The Bertz CT molecular complexity index is 592. The molecule has 7 heteroatoms. The van der Waals surface area contributed by atoms with E-state index in [2.05, 4.69) is 10.1 Å². The normalized spacial score (nSPS) is 12.6. The van der Waals surface area contributed by atoms with Crippen LogP contribution in [0.25, 0.3) is 11.4 Å². The van der Waals surface area contributed by atoms with Crippen LogP contribution < -0.4 is 0 Å². The number of benzene rings is 1. The lowest BCUT2D eigenvalue weighted by Gasteiger charge is -2.10. The van der Waals surface area contributed by atoms with E-state index >= 15 is 0 Å². The lowest BCUT2D eigenvalue weighted by molar-refractivity contribution is -0.384. The van der Waals surface area contributed by atoms with Gasteiger partial charge in [-0.15, -0.1) is 0 Å². The summed E-state index contributed by atoms with van der Waals surface area (Å²) in [4.78, 5) is 14.3. The van der Waals surface area contributed by atoms with Gasteiger partial charge in [0, 0.05) is 17.7 Å². The summed E-state index contributed by atoms with van der Waals surface area (Å²) in [6.07, 6.45) is -0.252. The SMILES string of the molecule is CC(C)C(O)Cc1nc(-c2ccc([N+](=O)[O-])cc2)no1. The summed E-state index contributed by atoms with van der Waals surface area (Å²) in [5.41, 5.74) is 0.636. The van der Waals surface area contributed by atoms with Crippen molar-refractivity contribution in [1.82, 2.24) is 10.1 Å². The summed E-state index contributed by atoms with van der Waals surface area (Å²) in [7, 11) is 0. The van der Waals surface area contributed by atoms with Crippen molar-refractivity contribution in [3.05, 3.63) is 40.3 Å². The second kappa shape index (κ2) is 5.79. The van der Waals surface area contributed by atoms with E-state index < -0.39 is 11.0 Å². The summed E-state index contributed by atoms with van der Waals surface area (Å²) >= 11 is 0. The van der Waals surface area contributed by atoms with E-state index in [-0.39, 0.29) is 18.0 Å². The third-order valence-corrected chi connectivity index (χ3v) is 2.96. The van der Waals surface area contributed by atoms with Gasteiger partial charge in [0.15, 0.2) is 0 Å². The van der Waals surface area contributed by atoms with Gasteiger partial charge in [0.2, 0.25) is 11.7 Å². The van der Waals surface area contributed by atoms with Gasteiger partial charge in [-0.3, -0.25) is 10.1 Å². The van der Waals surface area contributed by atoms with Crippen LogP contribution in [0.3, 0.4) is 0 Å². The van der Waals surface area contributed by atoms with Gasteiger partial charge < -0.3 is 9.63 Å². The number of aliphatic hydroxyl groups excluding tert-OH is 1. The molecule has 1 unspecified atom stereocenters. The molecule has 0 spiro atoms. The molecule has 7 nitrogen and oxygen atoms in total. The van der Waals surface area contributed by atoms with E-state index in [4.69, 9.17) is 4.52 Å². The molecule has 0 saturated carbocycles. The number of nitrogens with zero attached hydrogens (tertiary/aromatic N) is 3. The van der Waals surface area contributed by atoms with Crippen molar-refractivity contribution in [1.29, 1.82) is 0 Å². The average Bonchev–Trinajstić information content (AvgIpc) is 2.87. The van der Waals surface area contributed by atoms with Gasteiger partial charge in [0.1, 0.15) is 0 Å². The van der Waals surface area contributed by atoms with Crippen LogP contribution in [0.5, 0.6) is 0 Å². The molecule has 1 atom stereocenters. The molecule has 0 aliphatic rings. The first-order chi connectivity index (χ1) is 9.47. The molecule has 0 bridgehead atoms. The van der Waals surface area contributed by atoms with E-state index in [1.807, 2.05) is 13.8 Å². The van der Waals surface area contributed by atoms with Gasteiger partial charge in [-0.25, -0.2) is 0 Å². The number of non-ortho nitro benzene ring substituents is 1. The predicted octanol–water partition coefficient (Wildman–Crippen LogP) is 2.20. The summed E-state index contributed by atoms with van der Waals surface area (Å²) in [5.74, 6) is 0.801. The van der Waals surface area contributed by atoms with Crippen molar-refractivity contribution in [3.8, 4) is 11.4 Å². The van der Waals surface area contributed by atoms with Crippen LogP contribution in [0.1, 0.15) is 19.7 Å². The van der Waals surface area contributed by atoms with Gasteiger partial charge in [0.25, 0.3) is 5.69 Å². The number of nitro benzene ring substituents is 1. The highest BCUT2D eigenvalue weighted by Crippen LogP contribution is 2.20. The fourth-order valence-corrected chi connectivity index (χ4v) is 1.60. The Morgan fingerprint density at radius 2 is 2.00 bits per heavy atom. The maximum absolute atomic E-state index is 10.6. The largest absolute Gasteiger partial charge is 0.392 e. The molecule has 0 aliphatic heterocycles. The van der Waals surface area contributed by atoms with Crippen LogP contribution in [0, 0.1) is 16.0 Å². The Hall–Kier alpha value is -2.28. The lowest BCUT2D eigenvalue weighted by atomic mass is 10.0. The topological polar surface area (TPSA) is 102 Å². The van der Waals surface area contributed by atoms with Gasteiger partial charge in [-0.2, -0.15) is 4.98 Å². The number of rotatable bonds is 5. The molecule has 106 valence electrons. The van der Waals surface area contributed by atoms with E-state index in [0.717, 1.165) is 0 Å². The Kier molecular flexibility index (Phi) is 4.09. The quantitative estimate of drug-likeness (QED) is 0.664. The van der Waals surface area contributed by atoms with Gasteiger partial charge in [-0.1, -0.05) is 19.0 Å². The summed E-state index contributed by atoms with van der Waals surface area (Å²) in [5, 5.41) is 24.1. The molecule has 2 rings (SSSR count). The zero-order valence-corrected chi connectivity index (χ0v) is 11.2. The van der Waals surface area contributed by atoms with Crippen LogP contribution in [0.15, 0.2) is 28.8 Å². The fraction of sp³-hybridized carbons (Fsp3) is 0.385. The second-order valence-electron chi connectivity index (χ2n) is 4.83. The second-order valence-corrected chi connectivity index (χ2v) is 4.83. The molecule has 1 N–H and O–H groups in total. The maximum Gasteiger partial charge on any atom is 0.269 e. The highest BCUT2D eigenvalue weighted by atomic mass is 16.6. The molecule has 0 fully saturated rings. The van der Waals surface area contributed by atoms with Crippen LogP contribution in [-0.2, 0) is 6.42 Å². The monoisotopic (exact) mass is 277 g/mol. The van der Waals surface area contributed by atoms with Gasteiger partial charge >= 0.3 is 0 Å². The van der Waals surface area contributed by atoms with Crippen molar-refractivity contribution in [2.45, 2.75) is 26.4 Å². The lowest BCUT2D eigenvalue weighted by Crippen LogP contribution is -2.17. The standard InChI is InChI=1S/C13H15N3O4/c1-8(2)11(17)7-12-14-13(15-20-12)9-3-5-10(6-4-9)16(18)19/h3-6,8,11,17H,7H2,1-2H3. The minimum Gasteiger partial charge on any atom is -0.392 e. The van der Waals surface area contributed by atoms with Crippen molar-refractivity contribution in [3.63, 3.8) is 0 Å². The Balaban J connectivity index is 2.14. The minimum atomic E-state index is -0.542. The van der Waals surface area contributed by atoms with Crippen molar-refractivity contribution >= 4 is 5.69 Å². The van der Waals surface area contributed by atoms with Crippen molar-refractivity contribution in [2.75, 3.05) is 0 Å². The minimum absolute atomic E-state index is 0.00713. The molecule has 2 aromatic rings. The summed E-state index contributed by atoms with van der Waals surface area (Å²) in [6.45, 7) is 3.80. The molecule has 1 aromatic heterocycles. The van der Waals surface area contributed by atoms with Gasteiger partial charge in [-0.05, 0) is 18.1 Å². The summed E-state index contributed by atoms with van der Waals surface area (Å²) < 4.78 is 5.06. The van der Waals surface area contributed by atoms with E-state index in [1.54, 1.807) is 12.1 Å². The molecule has 0 amide bonds. The molecule has 1 aromatic carbocycles. The van der Waals surface area contributed by atoms with E-state index in [9.17, 15) is 15.2 Å². The third-order valence-electron chi connectivity index (χ3n) is 2.96. The number of nitro groups is 1. The zero-order chi connectivity index (χ0) is 14.7.